The van der Waals surface area contributed by atoms with Gasteiger partial charge in [-0.05, 0) is 82.0 Å². The van der Waals surface area contributed by atoms with E-state index in [1.54, 1.807) is 50.4 Å². The van der Waals surface area contributed by atoms with E-state index in [0.717, 1.165) is 28.1 Å². The molecule has 488 valence electrons. The standard InChI is InChI=1S/C18H20N8O4S.C13H14ClN5O.C6H7ClN4O.C6H7FN2S.C6H8N2O.C6H18NSi2.Li/c1-10-5-6-12(31(4,28)29)17(20-10)21-11-9-14(24-26-16(11)18(27)19-2)22-13-7-8-15(30-3)25-23-13;1-7-4-5-8(2)16-12(7)17-9-6-10(14)18-19-11(9)13(20)15-3;1-9-6(12)5-3(8)2-4(7)10-11-5;1-10-4-2-3-5(7)9-6(4)8;1-5-3-4-6(9-2)8-7-5;1-8(2,3)7-9(4,5)6;/h5-9H,1-4H3,(H,19,27)(H2,20,21,22,23,24);4-6H,1-3H3,(H,15,20)(H,16,17,18);2H,1H3,(H2,8,10)(H,9,12);2-3H,1H3,(H2,8,9);3-4H,1-2H3;1-6H3;/q;;;;;-1;+1. The minimum Gasteiger partial charge on any atom is -0.668 e. The summed E-state index contributed by atoms with van der Waals surface area (Å²) in [6, 6.07) is 21.1. The van der Waals surface area contributed by atoms with Crippen LogP contribution in [-0.4, -0.2) is 156 Å². The molecule has 0 aliphatic heterocycles. The van der Waals surface area contributed by atoms with Gasteiger partial charge in [-0.25, -0.2) is 23.4 Å². The summed E-state index contributed by atoms with van der Waals surface area (Å²) in [6.45, 7) is 21.2. The van der Waals surface area contributed by atoms with Gasteiger partial charge in [-0.2, -0.15) is 9.49 Å². The Morgan fingerprint density at radius 3 is 1.50 bits per heavy atom. The van der Waals surface area contributed by atoms with Crippen LogP contribution < -0.4 is 71.7 Å². The Balaban J connectivity index is 0.000000406. The number of carbonyl (C=O) groups excluding carboxylic acids is 3. The van der Waals surface area contributed by atoms with E-state index in [1.807, 2.05) is 45.2 Å². The Bertz CT molecular complexity index is 3840. The van der Waals surface area contributed by atoms with Crippen LogP contribution in [0.15, 0.2) is 88.7 Å². The smallest absolute Gasteiger partial charge is 0.668 e. The molecule has 0 aromatic carbocycles. The van der Waals surface area contributed by atoms with Gasteiger partial charge in [0.1, 0.15) is 22.3 Å². The van der Waals surface area contributed by atoms with Crippen LogP contribution in [-0.2, 0) is 9.84 Å². The number of amides is 3. The number of hydrogen-bond acceptors (Lipinski definition) is 26. The molecule has 0 aliphatic rings. The molecular formula is C55H74Cl2FLiN22O7S2Si2. The van der Waals surface area contributed by atoms with Crippen LogP contribution in [0, 0.1) is 33.6 Å². The number of pyridine rings is 3. The molecule has 0 saturated heterocycles. The first kappa shape index (κ1) is 79.8. The summed E-state index contributed by atoms with van der Waals surface area (Å²) in [7, 11) is 1.70. The third kappa shape index (κ3) is 28.0. The van der Waals surface area contributed by atoms with Gasteiger partial charge >= 0.3 is 18.9 Å². The number of nitrogens with zero attached hydrogens (tertiary/aromatic N) is 14. The monoisotopic (exact) mass is 1370 g/mol. The maximum absolute atomic E-state index is 12.3. The summed E-state index contributed by atoms with van der Waals surface area (Å²) in [6.07, 6.45) is 2.94. The number of rotatable bonds is 15. The summed E-state index contributed by atoms with van der Waals surface area (Å²) in [5, 5.41) is 54.3. The number of nitrogens with one attached hydrogen (secondary N) is 6. The van der Waals surface area contributed by atoms with Crippen LogP contribution in [0.5, 0.6) is 11.8 Å². The Hall–Kier alpha value is -8.34. The zero-order valence-corrected chi connectivity index (χ0v) is 59.4. The van der Waals surface area contributed by atoms with E-state index in [1.165, 1.54) is 64.3 Å². The number of hydrogen-bond donors (Lipinski definition) is 8. The topological polar surface area (TPSA) is 410 Å². The number of halogens is 3. The van der Waals surface area contributed by atoms with Crippen molar-refractivity contribution in [1.82, 2.24) is 81.9 Å². The van der Waals surface area contributed by atoms with Gasteiger partial charge in [0.25, 0.3) is 17.7 Å². The van der Waals surface area contributed by atoms with Crippen molar-refractivity contribution in [3.8, 4) is 11.8 Å². The third-order valence-corrected chi connectivity index (χ3v) is 18.3. The van der Waals surface area contributed by atoms with Crippen molar-refractivity contribution in [2.75, 3.05) is 75.3 Å². The Labute approximate surface area is 562 Å². The van der Waals surface area contributed by atoms with Gasteiger partial charge in [-0.3, -0.25) is 14.4 Å². The summed E-state index contributed by atoms with van der Waals surface area (Å²) in [5.41, 5.74) is 15.2. The molecule has 8 aromatic heterocycles. The molecule has 92 heavy (non-hydrogen) atoms. The molecular weight excluding hydrogens is 1300 g/mol. The summed E-state index contributed by atoms with van der Waals surface area (Å²) in [5.74, 6) is 0.701. The molecule has 8 aromatic rings. The van der Waals surface area contributed by atoms with Crippen molar-refractivity contribution in [1.29, 1.82) is 0 Å². The van der Waals surface area contributed by atoms with E-state index in [4.69, 9.17) is 48.8 Å². The molecule has 37 heteroatoms. The molecule has 3 amide bonds. The number of methoxy groups -OCH3 is 2. The summed E-state index contributed by atoms with van der Waals surface area (Å²) in [4.78, 5) is 47.9. The number of thioether (sulfide) groups is 1. The molecule has 0 atom stereocenters. The number of anilines is 8. The first-order valence-corrected chi connectivity index (χ1v) is 37.6. The maximum atomic E-state index is 12.3. The van der Waals surface area contributed by atoms with E-state index in [0.29, 0.717) is 34.8 Å². The van der Waals surface area contributed by atoms with Crippen LogP contribution in [0.4, 0.5) is 50.5 Å². The predicted octanol–water partition coefficient (Wildman–Crippen LogP) is 5.90. The fraction of sp³-hybridized carbons (Fsp3) is 0.309. The zero-order chi connectivity index (χ0) is 68.4. The van der Waals surface area contributed by atoms with Gasteiger partial charge in [0, 0.05) is 74.0 Å². The Morgan fingerprint density at radius 2 is 1.03 bits per heavy atom. The van der Waals surface area contributed by atoms with Crippen molar-refractivity contribution < 1.29 is 55.5 Å². The SMILES string of the molecule is CNC(=O)c1nnc(Cl)cc1N.CNC(=O)c1nnc(Cl)cc1Nc1nc(C)ccc1C.CNC(=O)c1nnc(Nc2ccc(OC)nn2)cc1Nc1nc(C)ccc1S(C)(=O)=O.COc1ccc(C)nn1.CSc1ccc(F)nc1N.C[Si](C)(C)[N-][Si](C)(C)C.[Li+]. The molecule has 0 saturated carbocycles. The minimum atomic E-state index is -3.58. The Morgan fingerprint density at radius 1 is 0.565 bits per heavy atom. The van der Waals surface area contributed by atoms with E-state index >= 15 is 0 Å². The number of ether oxygens (including phenoxy) is 2. The summed E-state index contributed by atoms with van der Waals surface area (Å²) >= 11 is 12.8. The van der Waals surface area contributed by atoms with Crippen LogP contribution in [0.1, 0.15) is 54.1 Å². The molecule has 0 unspecified atom stereocenters. The van der Waals surface area contributed by atoms with Crippen LogP contribution in [0.25, 0.3) is 4.65 Å². The zero-order valence-electron chi connectivity index (χ0n) is 54.2. The first-order valence-electron chi connectivity index (χ1n) is 26.8. The average Bonchev–Trinajstić information content (AvgIpc) is 0.832. The van der Waals surface area contributed by atoms with Crippen LogP contribution >= 0.6 is 35.0 Å². The molecule has 29 nitrogen and oxygen atoms in total. The van der Waals surface area contributed by atoms with Gasteiger partial charge in [0.05, 0.1) is 37.0 Å². The first-order chi connectivity index (χ1) is 42.6. The molecule has 0 aliphatic carbocycles. The van der Waals surface area contributed by atoms with E-state index in [-0.39, 0.29) is 91.8 Å². The minimum absolute atomic E-state index is 0. The molecule has 8 rings (SSSR count). The molecule has 0 fully saturated rings. The number of nitrogen functional groups attached to an aromatic ring is 2. The van der Waals surface area contributed by atoms with Crippen molar-refractivity contribution >= 4 is 125 Å². The van der Waals surface area contributed by atoms with Gasteiger partial charge in [0.15, 0.2) is 48.9 Å². The normalized spacial score (nSPS) is 10.5. The average molecular weight is 1370 g/mol. The molecule has 8 heterocycles. The molecule has 10 N–H and O–H groups in total. The number of sulfone groups is 1. The second-order valence-electron chi connectivity index (χ2n) is 20.5. The van der Waals surface area contributed by atoms with Gasteiger partial charge in [-0.15, -0.1) is 57.7 Å². The largest absolute Gasteiger partial charge is 1.00 e. The molecule has 0 radical (unpaired) electrons. The quantitative estimate of drug-likeness (QED) is 0.0336. The third-order valence-electron chi connectivity index (χ3n) is 10.6. The van der Waals surface area contributed by atoms with Crippen molar-refractivity contribution in [2.45, 2.75) is 76.8 Å². The van der Waals surface area contributed by atoms with Gasteiger partial charge in [0.2, 0.25) is 17.7 Å². The number of carbonyl (C=O) groups is 3. The number of aryl methyl sites for hydroxylation is 4. The molecule has 0 bridgehead atoms. The van der Waals surface area contributed by atoms with Crippen molar-refractivity contribution in [3.63, 3.8) is 0 Å². The maximum Gasteiger partial charge on any atom is 1.00 e. The van der Waals surface area contributed by atoms with Gasteiger partial charge in [-0.1, -0.05) is 85.0 Å². The number of aromatic nitrogens is 13. The van der Waals surface area contributed by atoms with Crippen molar-refractivity contribution in [3.05, 3.63) is 139 Å². The summed E-state index contributed by atoms with van der Waals surface area (Å²) < 4.78 is 51.2. The van der Waals surface area contributed by atoms with E-state index in [2.05, 4.69) is 137 Å². The fourth-order valence-corrected chi connectivity index (χ4v) is 16.5. The predicted molar refractivity (Wildman–Crippen MR) is 359 cm³/mol. The van der Waals surface area contributed by atoms with E-state index in [9.17, 15) is 27.2 Å². The second-order valence-corrected chi connectivity index (χ2v) is 33.7. The van der Waals surface area contributed by atoms with Crippen molar-refractivity contribution in [2.24, 2.45) is 0 Å². The van der Waals surface area contributed by atoms with E-state index < -0.39 is 38.2 Å². The van der Waals surface area contributed by atoms with Gasteiger partial charge < -0.3 is 57.5 Å². The molecule has 0 spiro atoms. The Kier molecular flexibility index (Phi) is 32.8. The fourth-order valence-electron chi connectivity index (χ4n) is 6.94. The van der Waals surface area contributed by atoms with Crippen LogP contribution in [0.3, 0.4) is 0 Å². The number of nitrogens with two attached hydrogens (primary N) is 2. The second kappa shape index (κ2) is 37.9. The van der Waals surface area contributed by atoms with Crippen LogP contribution in [0.2, 0.25) is 49.6 Å².